The van der Waals surface area contributed by atoms with Crippen molar-refractivity contribution in [3.63, 3.8) is 0 Å². The van der Waals surface area contributed by atoms with E-state index in [-0.39, 0.29) is 23.0 Å². The monoisotopic (exact) mass is 291 g/mol. The Labute approximate surface area is 119 Å². The Morgan fingerprint density at radius 3 is 2.38 bits per heavy atom. The zero-order valence-electron chi connectivity index (χ0n) is 11.7. The van der Waals surface area contributed by atoms with E-state index in [0.29, 0.717) is 17.4 Å². The van der Waals surface area contributed by atoms with Crippen molar-refractivity contribution in [1.82, 2.24) is 9.97 Å². The molecule has 0 saturated carbocycles. The average molecular weight is 291 g/mol. The molecule has 21 heavy (non-hydrogen) atoms. The number of benzene rings is 1. The lowest BCUT2D eigenvalue weighted by molar-refractivity contribution is -0.384. The van der Waals surface area contributed by atoms with Gasteiger partial charge < -0.3 is 14.3 Å². The van der Waals surface area contributed by atoms with Crippen LogP contribution in [-0.2, 0) is 4.79 Å². The Morgan fingerprint density at radius 2 is 1.86 bits per heavy atom. The van der Waals surface area contributed by atoms with Gasteiger partial charge in [0.1, 0.15) is 11.8 Å². The van der Waals surface area contributed by atoms with Gasteiger partial charge >= 0.3 is 0 Å². The van der Waals surface area contributed by atoms with Gasteiger partial charge in [-0.05, 0) is 5.56 Å². The lowest BCUT2D eigenvalue weighted by Crippen LogP contribution is -2.03. The van der Waals surface area contributed by atoms with Crippen molar-refractivity contribution < 1.29 is 19.2 Å². The number of hydrogen-bond donors (Lipinski definition) is 0. The quantitative estimate of drug-likeness (QED) is 0.470. The number of fused-ring (bicyclic) bond motifs is 1. The largest absolute Gasteiger partial charge is 0.477 e. The number of rotatable bonds is 5. The van der Waals surface area contributed by atoms with Crippen LogP contribution in [0.15, 0.2) is 12.1 Å². The molecule has 0 bridgehead atoms. The van der Waals surface area contributed by atoms with E-state index in [9.17, 15) is 14.9 Å². The van der Waals surface area contributed by atoms with E-state index < -0.39 is 10.8 Å². The SMILES string of the molecule is COc1nc2cc([N+](=O)[O-])cc(C(C)C=O)c2nc1OC. The van der Waals surface area contributed by atoms with Gasteiger partial charge in [-0.25, -0.2) is 9.97 Å². The topological polar surface area (TPSA) is 104 Å². The number of methoxy groups -OCH3 is 2. The van der Waals surface area contributed by atoms with Crippen LogP contribution >= 0.6 is 0 Å². The van der Waals surface area contributed by atoms with E-state index in [1.54, 1.807) is 6.92 Å². The van der Waals surface area contributed by atoms with Crippen molar-refractivity contribution in [3.05, 3.63) is 27.8 Å². The molecule has 1 atom stereocenters. The molecule has 8 nitrogen and oxygen atoms in total. The van der Waals surface area contributed by atoms with Gasteiger partial charge in [-0.1, -0.05) is 6.92 Å². The normalized spacial score (nSPS) is 12.0. The molecule has 1 unspecified atom stereocenters. The molecular formula is C13H13N3O5. The van der Waals surface area contributed by atoms with Crippen molar-refractivity contribution in [1.29, 1.82) is 0 Å². The molecule has 110 valence electrons. The molecular weight excluding hydrogens is 278 g/mol. The van der Waals surface area contributed by atoms with Crippen LogP contribution in [0.4, 0.5) is 5.69 Å². The number of aldehydes is 1. The number of carbonyl (C=O) groups is 1. The predicted octanol–water partition coefficient (Wildman–Crippen LogP) is 1.86. The summed E-state index contributed by atoms with van der Waals surface area (Å²) in [5, 5.41) is 11.0. The van der Waals surface area contributed by atoms with Crippen LogP contribution in [-0.4, -0.2) is 35.4 Å². The first kappa shape index (κ1) is 14.6. The minimum absolute atomic E-state index is 0.121. The summed E-state index contributed by atoms with van der Waals surface area (Å²) in [7, 11) is 2.80. The summed E-state index contributed by atoms with van der Waals surface area (Å²) in [5.41, 5.74) is 0.902. The Kier molecular flexibility index (Phi) is 3.97. The third-order valence-electron chi connectivity index (χ3n) is 3.01. The number of non-ortho nitro benzene ring substituents is 1. The highest BCUT2D eigenvalue weighted by molar-refractivity contribution is 5.85. The second-order valence-corrected chi connectivity index (χ2v) is 4.33. The highest BCUT2D eigenvalue weighted by Crippen LogP contribution is 2.32. The number of aromatic nitrogens is 2. The summed E-state index contributed by atoms with van der Waals surface area (Å²) in [4.78, 5) is 29.9. The van der Waals surface area contributed by atoms with Gasteiger partial charge in [0.05, 0.1) is 24.7 Å². The minimum atomic E-state index is -0.556. The average Bonchev–Trinajstić information content (AvgIpc) is 2.51. The predicted molar refractivity (Wildman–Crippen MR) is 73.8 cm³/mol. The standard InChI is InChI=1S/C13H13N3O5/c1-7(6-17)9-4-8(16(18)19)5-10-11(9)15-13(21-3)12(14-10)20-2/h4-7H,1-3H3. The zero-order chi connectivity index (χ0) is 15.6. The Bertz CT molecular complexity index is 717. The Balaban J connectivity index is 2.84. The third-order valence-corrected chi connectivity index (χ3v) is 3.01. The highest BCUT2D eigenvalue weighted by atomic mass is 16.6. The van der Waals surface area contributed by atoms with E-state index in [1.165, 1.54) is 26.4 Å². The summed E-state index contributed by atoms with van der Waals surface area (Å²) in [6, 6.07) is 2.60. The maximum atomic E-state index is 11.0. The summed E-state index contributed by atoms with van der Waals surface area (Å²) in [6.07, 6.45) is 0.691. The fourth-order valence-corrected chi connectivity index (χ4v) is 1.93. The van der Waals surface area contributed by atoms with Gasteiger partial charge in [0.2, 0.25) is 0 Å². The first-order chi connectivity index (χ1) is 10.0. The van der Waals surface area contributed by atoms with Crippen LogP contribution < -0.4 is 9.47 Å². The second-order valence-electron chi connectivity index (χ2n) is 4.33. The van der Waals surface area contributed by atoms with Gasteiger partial charge in [-0.3, -0.25) is 10.1 Å². The molecule has 1 heterocycles. The van der Waals surface area contributed by atoms with Crippen molar-refractivity contribution in [3.8, 4) is 11.8 Å². The van der Waals surface area contributed by atoms with E-state index in [4.69, 9.17) is 9.47 Å². The van der Waals surface area contributed by atoms with Gasteiger partial charge in [-0.15, -0.1) is 0 Å². The molecule has 2 rings (SSSR count). The summed E-state index contributed by atoms with van der Waals surface area (Å²) < 4.78 is 10.1. The number of hydrogen-bond acceptors (Lipinski definition) is 7. The Hall–Kier alpha value is -2.77. The molecule has 1 aromatic heterocycles. The lowest BCUT2D eigenvalue weighted by atomic mass is 10.00. The second kappa shape index (κ2) is 5.70. The maximum absolute atomic E-state index is 11.0. The van der Waals surface area contributed by atoms with E-state index in [1.807, 2.05) is 0 Å². The Morgan fingerprint density at radius 1 is 1.24 bits per heavy atom. The molecule has 0 saturated heterocycles. The number of nitro groups is 1. The molecule has 0 aliphatic heterocycles. The molecule has 0 amide bonds. The van der Waals surface area contributed by atoms with Gasteiger partial charge in [0, 0.05) is 18.1 Å². The first-order valence-corrected chi connectivity index (χ1v) is 6.05. The van der Waals surface area contributed by atoms with Crippen LogP contribution in [0.5, 0.6) is 11.8 Å². The molecule has 0 N–H and O–H groups in total. The van der Waals surface area contributed by atoms with Gasteiger partial charge in [0.15, 0.2) is 0 Å². The molecule has 0 spiro atoms. The van der Waals surface area contributed by atoms with Crippen molar-refractivity contribution >= 4 is 23.0 Å². The van der Waals surface area contributed by atoms with Crippen LogP contribution in [0.2, 0.25) is 0 Å². The number of carbonyl (C=O) groups excluding carboxylic acids is 1. The molecule has 2 aromatic rings. The smallest absolute Gasteiger partial charge is 0.278 e. The fourth-order valence-electron chi connectivity index (χ4n) is 1.93. The summed E-state index contributed by atoms with van der Waals surface area (Å²) in [6.45, 7) is 1.63. The van der Waals surface area contributed by atoms with Crippen molar-refractivity contribution in [2.24, 2.45) is 0 Å². The van der Waals surface area contributed by atoms with Crippen LogP contribution in [0, 0.1) is 10.1 Å². The minimum Gasteiger partial charge on any atom is -0.477 e. The highest BCUT2D eigenvalue weighted by Gasteiger charge is 2.20. The molecule has 0 aliphatic rings. The van der Waals surface area contributed by atoms with Crippen LogP contribution in [0.25, 0.3) is 11.0 Å². The van der Waals surface area contributed by atoms with Crippen LogP contribution in [0.1, 0.15) is 18.4 Å². The van der Waals surface area contributed by atoms with E-state index in [0.717, 1.165) is 0 Å². The van der Waals surface area contributed by atoms with Gasteiger partial charge in [-0.2, -0.15) is 0 Å². The zero-order valence-corrected chi connectivity index (χ0v) is 11.7. The summed E-state index contributed by atoms with van der Waals surface area (Å²) >= 11 is 0. The van der Waals surface area contributed by atoms with Crippen molar-refractivity contribution in [2.45, 2.75) is 12.8 Å². The fraction of sp³-hybridized carbons (Fsp3) is 0.308. The summed E-state index contributed by atoms with van der Waals surface area (Å²) in [5.74, 6) is -0.284. The molecule has 0 radical (unpaired) electrons. The first-order valence-electron chi connectivity index (χ1n) is 6.05. The van der Waals surface area contributed by atoms with E-state index in [2.05, 4.69) is 9.97 Å². The molecule has 1 aromatic carbocycles. The van der Waals surface area contributed by atoms with Crippen molar-refractivity contribution in [2.75, 3.05) is 14.2 Å². The van der Waals surface area contributed by atoms with Crippen LogP contribution in [0.3, 0.4) is 0 Å². The van der Waals surface area contributed by atoms with E-state index >= 15 is 0 Å². The number of nitrogens with zero attached hydrogens (tertiary/aromatic N) is 3. The molecule has 8 heteroatoms. The lowest BCUT2D eigenvalue weighted by Gasteiger charge is -2.11. The third kappa shape index (κ3) is 2.60. The number of nitro benzene ring substituents is 1. The van der Waals surface area contributed by atoms with Gasteiger partial charge in [0.25, 0.3) is 17.4 Å². The number of ether oxygens (including phenoxy) is 2. The molecule has 0 fully saturated rings. The maximum Gasteiger partial charge on any atom is 0.278 e. The molecule has 0 aliphatic carbocycles.